The lowest BCUT2D eigenvalue weighted by atomic mass is 10.1. The second-order valence-corrected chi connectivity index (χ2v) is 5.92. The van der Waals surface area contributed by atoms with Crippen molar-refractivity contribution in [3.8, 4) is 0 Å². The summed E-state index contributed by atoms with van der Waals surface area (Å²) >= 11 is 5.94. The number of allylic oxidation sites excluding steroid dienone is 1. The van der Waals surface area contributed by atoms with Gasteiger partial charge in [-0.3, -0.25) is 4.79 Å². The van der Waals surface area contributed by atoms with E-state index < -0.39 is 24.2 Å². The van der Waals surface area contributed by atoms with Crippen molar-refractivity contribution in [3.05, 3.63) is 76.2 Å². The monoisotopic (exact) mass is 389 g/mol. The third-order valence-corrected chi connectivity index (χ3v) is 3.75. The molecule has 0 atom stereocenters. The number of Topliss-reactive ketones (excluding diaryl/α,β-unsaturated/α-hetero) is 1. The van der Waals surface area contributed by atoms with Gasteiger partial charge in [0.05, 0.1) is 10.7 Å². The van der Waals surface area contributed by atoms with Gasteiger partial charge in [-0.25, -0.2) is 14.2 Å². The lowest BCUT2D eigenvalue weighted by Crippen LogP contribution is -2.27. The van der Waals surface area contributed by atoms with E-state index in [4.69, 9.17) is 27.8 Å². The molecule has 0 aliphatic rings. The summed E-state index contributed by atoms with van der Waals surface area (Å²) in [4.78, 5) is 28.4. The molecule has 0 aliphatic heterocycles. The number of benzene rings is 2. The molecule has 140 valence electrons. The lowest BCUT2D eigenvalue weighted by Gasteiger charge is -2.10. The third-order valence-electron chi connectivity index (χ3n) is 3.42. The van der Waals surface area contributed by atoms with Gasteiger partial charge in [0, 0.05) is 11.3 Å². The minimum absolute atomic E-state index is 0.0443. The van der Waals surface area contributed by atoms with Crippen LogP contribution in [0, 0.1) is 5.82 Å². The van der Waals surface area contributed by atoms with E-state index in [0.717, 1.165) is 6.07 Å². The van der Waals surface area contributed by atoms with Crippen LogP contribution >= 0.6 is 11.6 Å². The highest BCUT2D eigenvalue weighted by atomic mass is 35.5. The van der Waals surface area contributed by atoms with E-state index in [1.807, 2.05) is 0 Å². The van der Waals surface area contributed by atoms with Crippen LogP contribution in [-0.4, -0.2) is 24.2 Å². The van der Waals surface area contributed by atoms with Crippen molar-refractivity contribution in [2.24, 2.45) is 16.5 Å². The summed E-state index contributed by atoms with van der Waals surface area (Å²) < 4.78 is 18.3. The molecule has 6 nitrogen and oxygen atoms in total. The average molecular weight is 390 g/mol. The Morgan fingerprint density at radius 1 is 1.15 bits per heavy atom. The molecule has 0 radical (unpaired) electrons. The maximum Gasteiger partial charge on any atom is 0.344 e. The fourth-order valence-electron chi connectivity index (χ4n) is 2.18. The van der Waals surface area contributed by atoms with Crippen molar-refractivity contribution in [2.45, 2.75) is 6.92 Å². The first kappa shape index (κ1) is 20.1. The van der Waals surface area contributed by atoms with Crippen LogP contribution < -0.4 is 11.5 Å². The van der Waals surface area contributed by atoms with Gasteiger partial charge in [0.25, 0.3) is 0 Å². The van der Waals surface area contributed by atoms with E-state index in [-0.39, 0.29) is 33.4 Å². The Hall–Kier alpha value is -3.19. The Morgan fingerprint density at radius 3 is 2.48 bits per heavy atom. The number of rotatable bonds is 6. The third kappa shape index (κ3) is 5.39. The molecule has 0 unspecified atom stereocenters. The number of esters is 1. The van der Waals surface area contributed by atoms with Crippen LogP contribution in [0.25, 0.3) is 0 Å². The number of hydrogen-bond acceptors (Lipinski definition) is 5. The van der Waals surface area contributed by atoms with Crippen molar-refractivity contribution in [3.63, 3.8) is 0 Å². The first-order valence-electron chi connectivity index (χ1n) is 7.81. The highest BCUT2D eigenvalue weighted by Crippen LogP contribution is 2.17. The summed E-state index contributed by atoms with van der Waals surface area (Å²) in [6.45, 7) is 0.882. The maximum absolute atomic E-state index is 13.3. The molecule has 0 heterocycles. The fraction of sp³-hybridized carbons (Fsp3) is 0.105. The van der Waals surface area contributed by atoms with Crippen molar-refractivity contribution >= 4 is 34.9 Å². The van der Waals surface area contributed by atoms with E-state index in [0.29, 0.717) is 0 Å². The predicted octanol–water partition coefficient (Wildman–Crippen LogP) is 3.13. The minimum atomic E-state index is -0.923. The quantitative estimate of drug-likeness (QED) is 0.259. The molecule has 0 saturated carbocycles. The average Bonchev–Trinajstić information content (AvgIpc) is 2.59. The molecule has 2 rings (SSSR count). The molecule has 0 amide bonds. The smallest absolute Gasteiger partial charge is 0.344 e. The van der Waals surface area contributed by atoms with Gasteiger partial charge in [-0.05, 0) is 37.3 Å². The van der Waals surface area contributed by atoms with Crippen LogP contribution in [0.1, 0.15) is 17.3 Å². The SMILES string of the molecule is C/C(N)=C(\C(=O)OCC(=O)c1ccccc1Cl)C(N)=Nc1cccc(F)c1. The number of carbonyl (C=O) groups is 2. The van der Waals surface area contributed by atoms with Crippen LogP contribution in [0.3, 0.4) is 0 Å². The second kappa shape index (κ2) is 8.95. The van der Waals surface area contributed by atoms with Crippen LogP contribution in [0.15, 0.2) is 64.8 Å². The van der Waals surface area contributed by atoms with Crippen LogP contribution in [0.4, 0.5) is 10.1 Å². The number of aliphatic imine (C=N–C) groups is 1. The summed E-state index contributed by atoms with van der Waals surface area (Å²) in [7, 11) is 0. The zero-order valence-electron chi connectivity index (χ0n) is 14.4. The Bertz CT molecular complexity index is 937. The highest BCUT2D eigenvalue weighted by Gasteiger charge is 2.20. The Labute approximate surface area is 160 Å². The molecular formula is C19H17ClFN3O3. The number of amidine groups is 1. The predicted molar refractivity (Wildman–Crippen MR) is 101 cm³/mol. The Kier molecular flexibility index (Phi) is 6.67. The molecule has 0 aliphatic carbocycles. The Balaban J connectivity index is 2.15. The van der Waals surface area contributed by atoms with Gasteiger partial charge in [0.1, 0.15) is 17.2 Å². The highest BCUT2D eigenvalue weighted by molar-refractivity contribution is 6.34. The van der Waals surface area contributed by atoms with E-state index in [9.17, 15) is 14.0 Å². The van der Waals surface area contributed by atoms with Crippen molar-refractivity contribution in [1.82, 2.24) is 0 Å². The van der Waals surface area contributed by atoms with Crippen molar-refractivity contribution in [1.29, 1.82) is 0 Å². The lowest BCUT2D eigenvalue weighted by molar-refractivity contribution is -0.137. The first-order valence-corrected chi connectivity index (χ1v) is 8.18. The Morgan fingerprint density at radius 2 is 1.85 bits per heavy atom. The van der Waals surface area contributed by atoms with Gasteiger partial charge in [-0.15, -0.1) is 0 Å². The molecule has 2 aromatic carbocycles. The zero-order chi connectivity index (χ0) is 20.0. The number of halogens is 2. The van der Waals surface area contributed by atoms with Gasteiger partial charge in [0.2, 0.25) is 5.78 Å². The van der Waals surface area contributed by atoms with Gasteiger partial charge in [-0.2, -0.15) is 0 Å². The number of carbonyl (C=O) groups excluding carboxylic acids is 2. The van der Waals surface area contributed by atoms with Crippen molar-refractivity contribution < 1.29 is 18.7 Å². The molecule has 0 spiro atoms. The minimum Gasteiger partial charge on any atom is -0.454 e. The van der Waals surface area contributed by atoms with Crippen LogP contribution in [0.2, 0.25) is 5.02 Å². The number of nitrogens with zero attached hydrogens (tertiary/aromatic N) is 1. The summed E-state index contributed by atoms with van der Waals surface area (Å²) in [5.74, 6) is -2.17. The fourth-order valence-corrected chi connectivity index (χ4v) is 2.42. The molecule has 0 aromatic heterocycles. The number of ketones is 1. The largest absolute Gasteiger partial charge is 0.454 e. The normalized spacial score (nSPS) is 12.3. The van der Waals surface area contributed by atoms with E-state index in [1.54, 1.807) is 18.2 Å². The summed E-state index contributed by atoms with van der Waals surface area (Å²) in [6.07, 6.45) is 0. The van der Waals surface area contributed by atoms with Crippen LogP contribution in [0.5, 0.6) is 0 Å². The van der Waals surface area contributed by atoms with Gasteiger partial charge < -0.3 is 16.2 Å². The second-order valence-electron chi connectivity index (χ2n) is 5.51. The first-order chi connectivity index (χ1) is 12.8. The number of hydrogen-bond donors (Lipinski definition) is 2. The molecule has 0 fully saturated rings. The molecule has 0 bridgehead atoms. The zero-order valence-corrected chi connectivity index (χ0v) is 15.2. The van der Waals surface area contributed by atoms with E-state index >= 15 is 0 Å². The summed E-state index contributed by atoms with van der Waals surface area (Å²) in [6, 6.07) is 11.7. The standard InChI is InChI=1S/C19H17ClFN3O3/c1-11(22)17(18(23)24-13-6-4-5-12(21)9-13)19(26)27-10-16(25)14-7-2-3-8-15(14)20/h2-9H,10,22H2,1H3,(H2,23,24)/b17-11+. The maximum atomic E-state index is 13.3. The van der Waals surface area contributed by atoms with Gasteiger partial charge in [-0.1, -0.05) is 29.8 Å². The molecule has 8 heteroatoms. The molecule has 27 heavy (non-hydrogen) atoms. The molecule has 0 saturated heterocycles. The van der Waals surface area contributed by atoms with E-state index in [1.165, 1.54) is 31.2 Å². The topological polar surface area (TPSA) is 108 Å². The molecule has 2 aromatic rings. The number of nitrogens with two attached hydrogens (primary N) is 2. The van der Waals surface area contributed by atoms with Crippen LogP contribution in [-0.2, 0) is 9.53 Å². The summed E-state index contributed by atoms with van der Waals surface area (Å²) in [5, 5.41) is 0.247. The van der Waals surface area contributed by atoms with Gasteiger partial charge in [0.15, 0.2) is 6.61 Å². The number of ether oxygens (including phenoxy) is 1. The van der Waals surface area contributed by atoms with Gasteiger partial charge >= 0.3 is 5.97 Å². The van der Waals surface area contributed by atoms with Crippen molar-refractivity contribution in [2.75, 3.05) is 6.61 Å². The van der Waals surface area contributed by atoms with E-state index in [2.05, 4.69) is 4.99 Å². The molecule has 4 N–H and O–H groups in total. The summed E-state index contributed by atoms with van der Waals surface area (Å²) in [5.41, 5.74) is 11.8. The molecular weight excluding hydrogens is 373 g/mol.